The van der Waals surface area contributed by atoms with Crippen molar-refractivity contribution in [2.24, 2.45) is 17.6 Å². The van der Waals surface area contributed by atoms with E-state index in [4.69, 9.17) is 10.3 Å². The van der Waals surface area contributed by atoms with E-state index in [1.165, 1.54) is 24.0 Å². The van der Waals surface area contributed by atoms with E-state index in [1.807, 2.05) is 30.3 Å². The minimum absolute atomic E-state index is 0.353. The lowest BCUT2D eigenvalue weighted by atomic mass is 9.92. The molecule has 0 saturated heterocycles. The van der Waals surface area contributed by atoms with Gasteiger partial charge in [-0.15, -0.1) is 0 Å². The summed E-state index contributed by atoms with van der Waals surface area (Å²) in [5, 5.41) is 4.19. The van der Waals surface area contributed by atoms with E-state index in [0.29, 0.717) is 29.6 Å². The summed E-state index contributed by atoms with van der Waals surface area (Å²) in [5.41, 5.74) is 11.3. The topological polar surface area (TPSA) is 64.9 Å². The van der Waals surface area contributed by atoms with Gasteiger partial charge >= 0.3 is 0 Å². The van der Waals surface area contributed by atoms with Gasteiger partial charge in [-0.05, 0) is 66.8 Å². The SMILES string of the molecule is NC1C2CCC1Cc1cc(-c3noc(-c4ccccc4)n3)ccc1C2. The highest BCUT2D eigenvalue weighted by Crippen LogP contribution is 2.39. The molecule has 2 aliphatic carbocycles. The molecule has 0 aliphatic heterocycles. The fourth-order valence-electron chi connectivity index (χ4n) is 4.43. The molecule has 5 rings (SSSR count). The number of hydrogen-bond acceptors (Lipinski definition) is 4. The third kappa shape index (κ3) is 2.57. The molecule has 3 unspecified atom stereocenters. The molecule has 2 aromatic carbocycles. The normalized spacial score (nSPS) is 24.8. The Kier molecular flexibility index (Phi) is 3.45. The zero-order valence-electron chi connectivity index (χ0n) is 14.1. The van der Waals surface area contributed by atoms with E-state index in [1.54, 1.807) is 0 Å². The molecule has 2 aliphatic rings. The van der Waals surface area contributed by atoms with Crippen LogP contribution in [0.2, 0.25) is 0 Å². The number of rotatable bonds is 2. The van der Waals surface area contributed by atoms with Gasteiger partial charge in [0.05, 0.1) is 0 Å². The largest absolute Gasteiger partial charge is 0.334 e. The third-order valence-corrected chi connectivity index (χ3v) is 5.87. The Morgan fingerprint density at radius 2 is 1.64 bits per heavy atom. The molecule has 1 aromatic heterocycles. The molecule has 4 heteroatoms. The highest BCUT2D eigenvalue weighted by Gasteiger charge is 2.36. The van der Waals surface area contributed by atoms with Gasteiger partial charge in [0, 0.05) is 17.2 Å². The van der Waals surface area contributed by atoms with Crippen LogP contribution in [0, 0.1) is 11.8 Å². The lowest BCUT2D eigenvalue weighted by Gasteiger charge is -2.15. The molecule has 3 aromatic rings. The van der Waals surface area contributed by atoms with Gasteiger partial charge in [-0.25, -0.2) is 0 Å². The Bertz CT molecular complexity index is 903. The quantitative estimate of drug-likeness (QED) is 0.774. The minimum Gasteiger partial charge on any atom is -0.334 e. The van der Waals surface area contributed by atoms with Crippen molar-refractivity contribution in [1.29, 1.82) is 0 Å². The number of nitrogens with two attached hydrogens (primary N) is 1. The Morgan fingerprint density at radius 3 is 2.44 bits per heavy atom. The molecule has 0 spiro atoms. The molecule has 1 fully saturated rings. The monoisotopic (exact) mass is 331 g/mol. The van der Waals surface area contributed by atoms with Crippen LogP contribution in [0.5, 0.6) is 0 Å². The van der Waals surface area contributed by atoms with Crippen LogP contribution in [0.25, 0.3) is 22.8 Å². The fourth-order valence-corrected chi connectivity index (χ4v) is 4.43. The first-order valence-corrected chi connectivity index (χ1v) is 9.05. The lowest BCUT2D eigenvalue weighted by Crippen LogP contribution is -2.31. The van der Waals surface area contributed by atoms with Gasteiger partial charge in [-0.2, -0.15) is 4.98 Å². The predicted molar refractivity (Wildman–Crippen MR) is 96.8 cm³/mol. The van der Waals surface area contributed by atoms with Crippen molar-refractivity contribution < 1.29 is 4.52 Å². The second-order valence-electron chi connectivity index (χ2n) is 7.36. The van der Waals surface area contributed by atoms with Crippen molar-refractivity contribution in [1.82, 2.24) is 10.1 Å². The molecule has 0 amide bonds. The summed E-state index contributed by atoms with van der Waals surface area (Å²) < 4.78 is 5.46. The van der Waals surface area contributed by atoms with Crippen LogP contribution < -0.4 is 5.73 Å². The summed E-state index contributed by atoms with van der Waals surface area (Å²) in [4.78, 5) is 4.58. The fraction of sp³-hybridized carbons (Fsp3) is 0.333. The molecule has 0 radical (unpaired) electrons. The molecule has 2 N–H and O–H groups in total. The summed E-state index contributed by atoms with van der Waals surface area (Å²) in [6, 6.07) is 16.8. The first-order chi connectivity index (χ1) is 12.3. The van der Waals surface area contributed by atoms with Gasteiger partial charge < -0.3 is 10.3 Å². The third-order valence-electron chi connectivity index (χ3n) is 5.87. The average Bonchev–Trinajstić information content (AvgIpc) is 3.21. The Hall–Kier alpha value is -2.46. The summed E-state index contributed by atoms with van der Waals surface area (Å²) in [5.74, 6) is 2.48. The number of aromatic nitrogens is 2. The van der Waals surface area contributed by atoms with E-state index < -0.39 is 0 Å². The first-order valence-electron chi connectivity index (χ1n) is 9.05. The number of nitrogens with zero attached hydrogens (tertiary/aromatic N) is 2. The van der Waals surface area contributed by atoms with Crippen LogP contribution >= 0.6 is 0 Å². The van der Waals surface area contributed by atoms with Crippen LogP contribution in [-0.2, 0) is 12.8 Å². The second kappa shape index (κ2) is 5.81. The Labute approximate surface area is 147 Å². The van der Waals surface area contributed by atoms with E-state index in [-0.39, 0.29) is 0 Å². The maximum Gasteiger partial charge on any atom is 0.258 e. The van der Waals surface area contributed by atoms with E-state index >= 15 is 0 Å². The molecule has 2 bridgehead atoms. The number of fused-ring (bicyclic) bond motifs is 3. The summed E-state index contributed by atoms with van der Waals surface area (Å²) in [7, 11) is 0. The van der Waals surface area contributed by atoms with Crippen LogP contribution in [-0.4, -0.2) is 16.2 Å². The van der Waals surface area contributed by atoms with Gasteiger partial charge in [0.2, 0.25) is 5.82 Å². The van der Waals surface area contributed by atoms with Gasteiger partial charge in [0.1, 0.15) is 0 Å². The average molecular weight is 331 g/mol. The Morgan fingerprint density at radius 1 is 0.880 bits per heavy atom. The molecule has 1 heterocycles. The summed E-state index contributed by atoms with van der Waals surface area (Å²) in [6.07, 6.45) is 4.72. The van der Waals surface area contributed by atoms with Crippen molar-refractivity contribution in [3.05, 3.63) is 59.7 Å². The van der Waals surface area contributed by atoms with E-state index in [2.05, 4.69) is 28.3 Å². The van der Waals surface area contributed by atoms with Crippen LogP contribution in [0.4, 0.5) is 0 Å². The zero-order valence-corrected chi connectivity index (χ0v) is 14.1. The van der Waals surface area contributed by atoms with Crippen molar-refractivity contribution in [2.75, 3.05) is 0 Å². The minimum atomic E-state index is 0.353. The Balaban J connectivity index is 1.48. The highest BCUT2D eigenvalue weighted by molar-refractivity contribution is 5.61. The van der Waals surface area contributed by atoms with Gasteiger partial charge in [0.15, 0.2) is 0 Å². The summed E-state index contributed by atoms with van der Waals surface area (Å²) in [6.45, 7) is 0. The second-order valence-corrected chi connectivity index (χ2v) is 7.36. The first kappa shape index (κ1) is 14.8. The van der Waals surface area contributed by atoms with Crippen molar-refractivity contribution in [3.8, 4) is 22.8 Å². The maximum absolute atomic E-state index is 6.44. The molecule has 1 saturated carbocycles. The van der Waals surface area contributed by atoms with E-state index in [0.717, 1.165) is 24.0 Å². The highest BCUT2D eigenvalue weighted by atomic mass is 16.5. The maximum atomic E-state index is 6.44. The molecule has 4 nitrogen and oxygen atoms in total. The standard InChI is InChI=1S/C21H21N3O/c22-19-15-7-8-16(19)11-18-12-17(9-6-14(18)10-15)20-23-21(25-24-20)13-4-2-1-3-5-13/h1-6,9,12,15-16,19H,7-8,10-11,22H2. The lowest BCUT2D eigenvalue weighted by molar-refractivity contribution is 0.421. The van der Waals surface area contributed by atoms with E-state index in [9.17, 15) is 0 Å². The molecular formula is C21H21N3O. The number of benzene rings is 2. The van der Waals surface area contributed by atoms with Gasteiger partial charge in [-0.3, -0.25) is 0 Å². The summed E-state index contributed by atoms with van der Waals surface area (Å²) >= 11 is 0. The molecule has 3 atom stereocenters. The van der Waals surface area contributed by atoms with Crippen LogP contribution in [0.15, 0.2) is 53.1 Å². The number of hydrogen-bond donors (Lipinski definition) is 1. The van der Waals surface area contributed by atoms with Gasteiger partial charge in [0.25, 0.3) is 5.89 Å². The molecular weight excluding hydrogens is 310 g/mol. The predicted octanol–water partition coefficient (Wildman–Crippen LogP) is 3.86. The zero-order chi connectivity index (χ0) is 16.8. The molecule has 25 heavy (non-hydrogen) atoms. The molecule has 126 valence electrons. The smallest absolute Gasteiger partial charge is 0.258 e. The van der Waals surface area contributed by atoms with Crippen LogP contribution in [0.3, 0.4) is 0 Å². The van der Waals surface area contributed by atoms with Crippen LogP contribution in [0.1, 0.15) is 24.0 Å². The van der Waals surface area contributed by atoms with Gasteiger partial charge in [-0.1, -0.05) is 35.5 Å². The van der Waals surface area contributed by atoms with Crippen molar-refractivity contribution in [3.63, 3.8) is 0 Å². The van der Waals surface area contributed by atoms with Crippen molar-refractivity contribution in [2.45, 2.75) is 31.7 Å². The van der Waals surface area contributed by atoms with Crippen molar-refractivity contribution >= 4 is 0 Å².